The van der Waals surface area contributed by atoms with Gasteiger partial charge < -0.3 is 49.0 Å². The monoisotopic (exact) mass is 633 g/mol. The zero-order valence-corrected chi connectivity index (χ0v) is 27.6. The maximum Gasteiger partial charge on any atom is 0.228 e. The van der Waals surface area contributed by atoms with Gasteiger partial charge in [-0.05, 0) is 25.7 Å². The normalized spacial score (nSPS) is 16.5. The van der Waals surface area contributed by atoms with Crippen LogP contribution in [0.4, 0.5) is 23.5 Å². The number of aromatic nitrogens is 4. The van der Waals surface area contributed by atoms with Gasteiger partial charge in [-0.3, -0.25) is 4.79 Å². The number of fused-ring (bicyclic) bond motifs is 1. The summed E-state index contributed by atoms with van der Waals surface area (Å²) in [6, 6.07) is 0. The van der Waals surface area contributed by atoms with E-state index in [1.807, 2.05) is 0 Å². The number of nitrogens with zero attached hydrogens (tertiary/aromatic N) is 8. The molecule has 2 N–H and O–H groups in total. The van der Waals surface area contributed by atoms with Gasteiger partial charge in [0.2, 0.25) is 17.8 Å². The molecule has 2 saturated heterocycles. The van der Waals surface area contributed by atoms with Crippen molar-refractivity contribution in [2.24, 2.45) is 11.7 Å². The van der Waals surface area contributed by atoms with E-state index in [2.05, 4.69) is 19.6 Å². The number of amides is 1. The van der Waals surface area contributed by atoms with Crippen molar-refractivity contribution in [3.8, 4) is 0 Å². The van der Waals surface area contributed by atoms with Crippen LogP contribution in [-0.2, 0) is 28.5 Å². The van der Waals surface area contributed by atoms with Crippen LogP contribution in [-0.4, -0.2) is 146 Å². The van der Waals surface area contributed by atoms with Crippen LogP contribution in [0.3, 0.4) is 0 Å². The second-order valence-electron chi connectivity index (χ2n) is 11.4. The van der Waals surface area contributed by atoms with Crippen LogP contribution >= 0.6 is 0 Å². The number of carbonyl (C=O) groups excluding carboxylic acids is 1. The Morgan fingerprint density at radius 2 is 1.04 bits per heavy atom. The third-order valence-corrected chi connectivity index (χ3v) is 8.58. The van der Waals surface area contributed by atoms with Crippen LogP contribution in [0.25, 0.3) is 11.0 Å². The van der Waals surface area contributed by atoms with E-state index >= 15 is 0 Å². The van der Waals surface area contributed by atoms with E-state index in [0.29, 0.717) is 107 Å². The molecular formula is C30H51N9O6. The Labute approximate surface area is 266 Å². The SMILES string of the molecule is COCCN(CCOC)c1nc(N2CCC(C(N)=O)CC2)c2nc(N(CCOC)CCOC)nc(N3CCC(OC)CC3)c2n1. The van der Waals surface area contributed by atoms with Crippen LogP contribution in [0.2, 0.25) is 0 Å². The molecule has 0 atom stereocenters. The quantitative estimate of drug-likeness (QED) is 0.248. The Bertz CT molecular complexity index is 1190. The van der Waals surface area contributed by atoms with Gasteiger partial charge in [0, 0.05) is 93.8 Å². The van der Waals surface area contributed by atoms with E-state index in [1.165, 1.54) is 0 Å². The van der Waals surface area contributed by atoms with Gasteiger partial charge in [-0.25, -0.2) is 9.97 Å². The maximum atomic E-state index is 12.0. The number of anilines is 4. The average molecular weight is 634 g/mol. The predicted octanol–water partition coefficient (Wildman–Crippen LogP) is 0.935. The summed E-state index contributed by atoms with van der Waals surface area (Å²) in [6.07, 6.45) is 3.27. The molecule has 4 heterocycles. The van der Waals surface area contributed by atoms with Crippen molar-refractivity contribution >= 4 is 40.5 Å². The van der Waals surface area contributed by atoms with Crippen molar-refractivity contribution in [1.29, 1.82) is 0 Å². The molecule has 0 unspecified atom stereocenters. The summed E-state index contributed by atoms with van der Waals surface area (Å²) in [7, 11) is 8.50. The molecular weight excluding hydrogens is 582 g/mol. The Morgan fingerprint density at radius 1 is 0.667 bits per heavy atom. The molecule has 15 heteroatoms. The van der Waals surface area contributed by atoms with Gasteiger partial charge in [0.25, 0.3) is 0 Å². The highest BCUT2D eigenvalue weighted by Crippen LogP contribution is 2.35. The topological polar surface area (TPSA) is 154 Å². The second kappa shape index (κ2) is 17.5. The first kappa shape index (κ1) is 34.8. The summed E-state index contributed by atoms with van der Waals surface area (Å²) in [5, 5.41) is 0. The first-order valence-electron chi connectivity index (χ1n) is 15.8. The van der Waals surface area contributed by atoms with E-state index in [-0.39, 0.29) is 17.9 Å². The lowest BCUT2D eigenvalue weighted by atomic mass is 9.96. The van der Waals surface area contributed by atoms with Crippen molar-refractivity contribution in [3.63, 3.8) is 0 Å². The summed E-state index contributed by atoms with van der Waals surface area (Å²) >= 11 is 0. The zero-order valence-electron chi connectivity index (χ0n) is 27.6. The fourth-order valence-corrected chi connectivity index (χ4v) is 5.80. The van der Waals surface area contributed by atoms with Crippen LogP contribution in [0.1, 0.15) is 25.7 Å². The predicted molar refractivity (Wildman–Crippen MR) is 173 cm³/mol. The number of piperidine rings is 2. The average Bonchev–Trinajstić information content (AvgIpc) is 3.07. The minimum atomic E-state index is -0.258. The first-order chi connectivity index (χ1) is 21.9. The third kappa shape index (κ3) is 9.00. The first-order valence-corrected chi connectivity index (χ1v) is 15.8. The lowest BCUT2D eigenvalue weighted by Crippen LogP contribution is -2.40. The molecule has 45 heavy (non-hydrogen) atoms. The van der Waals surface area contributed by atoms with Crippen molar-refractivity contribution < 1.29 is 28.5 Å². The van der Waals surface area contributed by atoms with E-state index in [9.17, 15) is 4.79 Å². The molecule has 2 fully saturated rings. The second-order valence-corrected chi connectivity index (χ2v) is 11.4. The molecule has 2 aliphatic heterocycles. The minimum Gasteiger partial charge on any atom is -0.383 e. The fraction of sp³-hybridized carbons (Fsp3) is 0.767. The molecule has 1 amide bonds. The number of rotatable bonds is 18. The lowest BCUT2D eigenvalue weighted by Gasteiger charge is -2.35. The number of methoxy groups -OCH3 is 5. The van der Waals surface area contributed by atoms with Crippen LogP contribution in [0.15, 0.2) is 0 Å². The number of nitrogens with two attached hydrogens (primary N) is 1. The molecule has 0 bridgehead atoms. The summed E-state index contributed by atoms with van der Waals surface area (Å²) in [6.45, 7) is 7.19. The molecule has 2 aliphatic rings. The van der Waals surface area contributed by atoms with Gasteiger partial charge >= 0.3 is 0 Å². The van der Waals surface area contributed by atoms with Gasteiger partial charge in [0.1, 0.15) is 11.0 Å². The number of carbonyl (C=O) groups is 1. The summed E-state index contributed by atoms with van der Waals surface area (Å²) < 4.78 is 27.4. The number of primary amides is 1. The zero-order chi connectivity index (χ0) is 32.2. The number of ether oxygens (including phenoxy) is 5. The summed E-state index contributed by atoms with van der Waals surface area (Å²) in [5.41, 5.74) is 7.03. The molecule has 0 radical (unpaired) electrons. The van der Waals surface area contributed by atoms with E-state index in [0.717, 1.165) is 31.7 Å². The molecule has 0 aromatic carbocycles. The van der Waals surface area contributed by atoms with Crippen molar-refractivity contribution in [2.45, 2.75) is 31.8 Å². The van der Waals surface area contributed by atoms with Gasteiger partial charge in [-0.15, -0.1) is 0 Å². The lowest BCUT2D eigenvalue weighted by molar-refractivity contribution is -0.122. The molecule has 252 valence electrons. The van der Waals surface area contributed by atoms with Crippen molar-refractivity contribution in [3.05, 3.63) is 0 Å². The van der Waals surface area contributed by atoms with Gasteiger partial charge in [0.05, 0.1) is 32.5 Å². The van der Waals surface area contributed by atoms with Gasteiger partial charge in [-0.1, -0.05) is 0 Å². The summed E-state index contributed by atoms with van der Waals surface area (Å²) in [4.78, 5) is 41.3. The highest BCUT2D eigenvalue weighted by molar-refractivity contribution is 5.95. The van der Waals surface area contributed by atoms with Crippen LogP contribution in [0.5, 0.6) is 0 Å². The highest BCUT2D eigenvalue weighted by atomic mass is 16.5. The number of hydrogen-bond donors (Lipinski definition) is 1. The van der Waals surface area contributed by atoms with Gasteiger partial charge in [-0.2, -0.15) is 9.97 Å². The largest absolute Gasteiger partial charge is 0.383 e. The summed E-state index contributed by atoms with van der Waals surface area (Å²) in [5.74, 6) is 2.19. The van der Waals surface area contributed by atoms with Gasteiger partial charge in [0.15, 0.2) is 11.6 Å². The Morgan fingerprint density at radius 3 is 1.38 bits per heavy atom. The van der Waals surface area contributed by atoms with Crippen LogP contribution < -0.4 is 25.3 Å². The van der Waals surface area contributed by atoms with E-state index in [1.54, 1.807) is 35.5 Å². The smallest absolute Gasteiger partial charge is 0.228 e. The Kier molecular flexibility index (Phi) is 13.6. The molecule has 4 rings (SSSR count). The molecule has 15 nitrogen and oxygen atoms in total. The molecule has 2 aromatic rings. The van der Waals surface area contributed by atoms with E-state index < -0.39 is 0 Å². The minimum absolute atomic E-state index is 0.157. The molecule has 2 aromatic heterocycles. The molecule has 0 saturated carbocycles. The third-order valence-electron chi connectivity index (χ3n) is 8.58. The standard InChI is InChI=1S/C30H51N9O6/c1-41-18-14-38(15-19-42-2)29-33-25-24(27(34-29)36-10-6-22(7-11-36)26(31)40)32-30(39(16-20-43-3)17-21-44-4)35-28(25)37-12-8-23(45-5)9-13-37/h22-23H,6-21H2,1-5H3,(H2,31,40). The molecule has 0 aliphatic carbocycles. The van der Waals surface area contributed by atoms with E-state index in [4.69, 9.17) is 49.4 Å². The fourth-order valence-electron chi connectivity index (χ4n) is 5.80. The molecule has 0 spiro atoms. The van der Waals surface area contributed by atoms with Crippen molar-refractivity contribution in [2.75, 3.05) is 134 Å². The van der Waals surface area contributed by atoms with Crippen molar-refractivity contribution in [1.82, 2.24) is 19.9 Å². The Balaban J connectivity index is 1.90. The maximum absolute atomic E-state index is 12.0. The highest BCUT2D eigenvalue weighted by Gasteiger charge is 2.30. The number of hydrogen-bond acceptors (Lipinski definition) is 14. The Hall–Kier alpha value is -3.11. The van der Waals surface area contributed by atoms with Crippen LogP contribution in [0, 0.1) is 5.92 Å².